The third kappa shape index (κ3) is 6.13. The van der Waals surface area contributed by atoms with Crippen molar-refractivity contribution in [1.29, 1.82) is 0 Å². The van der Waals surface area contributed by atoms with Gasteiger partial charge in [0.05, 0.1) is 28.7 Å². The molecule has 0 aromatic heterocycles. The lowest BCUT2D eigenvalue weighted by Gasteiger charge is -2.26. The number of ether oxygens (including phenoxy) is 1. The molecule has 1 amide bonds. The summed E-state index contributed by atoms with van der Waals surface area (Å²) in [5.74, 6) is -0.406. The van der Waals surface area contributed by atoms with Gasteiger partial charge in [-0.05, 0) is 55.3 Å². The number of benzene rings is 2. The summed E-state index contributed by atoms with van der Waals surface area (Å²) >= 11 is 6.23. The molecule has 2 aromatic carbocycles. The monoisotopic (exact) mass is 491 g/mol. The predicted molar refractivity (Wildman–Crippen MR) is 128 cm³/mol. The van der Waals surface area contributed by atoms with E-state index in [1.165, 1.54) is 47.3 Å². The highest BCUT2D eigenvalue weighted by molar-refractivity contribution is 7.89. The molecular formula is C24H30ClN3O4S. The highest BCUT2D eigenvalue weighted by atomic mass is 35.5. The number of rotatable bonds is 7. The van der Waals surface area contributed by atoms with Gasteiger partial charge in [0.1, 0.15) is 0 Å². The summed E-state index contributed by atoms with van der Waals surface area (Å²) in [6, 6.07) is 12.5. The highest BCUT2D eigenvalue weighted by Crippen LogP contribution is 2.24. The minimum absolute atomic E-state index is 0.0565. The van der Waals surface area contributed by atoms with Gasteiger partial charge in [-0.15, -0.1) is 0 Å². The number of morpholine rings is 1. The number of hydrogen-bond acceptors (Lipinski definition) is 5. The summed E-state index contributed by atoms with van der Waals surface area (Å²) in [5.41, 5.74) is 2.38. The SMILES string of the molecule is O=C(NCc1ccc(CN2CCCCC2)cc1)c1cc(S(=O)(=O)N2CCOCC2)ccc1Cl. The zero-order valence-corrected chi connectivity index (χ0v) is 20.2. The predicted octanol–water partition coefficient (Wildman–Crippen LogP) is 3.28. The van der Waals surface area contributed by atoms with E-state index < -0.39 is 15.9 Å². The van der Waals surface area contributed by atoms with E-state index in [4.69, 9.17) is 16.3 Å². The van der Waals surface area contributed by atoms with Gasteiger partial charge in [0, 0.05) is 26.2 Å². The van der Waals surface area contributed by atoms with Crippen LogP contribution in [0.1, 0.15) is 40.7 Å². The second kappa shape index (κ2) is 11.0. The quantitative estimate of drug-likeness (QED) is 0.643. The minimum Gasteiger partial charge on any atom is -0.379 e. The zero-order chi connectivity index (χ0) is 23.3. The van der Waals surface area contributed by atoms with E-state index >= 15 is 0 Å². The number of amides is 1. The van der Waals surface area contributed by atoms with Crippen LogP contribution in [0.15, 0.2) is 47.4 Å². The number of carbonyl (C=O) groups is 1. The van der Waals surface area contributed by atoms with E-state index in [-0.39, 0.29) is 15.5 Å². The molecular weight excluding hydrogens is 462 g/mol. The molecule has 0 spiro atoms. The van der Waals surface area contributed by atoms with E-state index in [9.17, 15) is 13.2 Å². The van der Waals surface area contributed by atoms with Gasteiger partial charge in [-0.1, -0.05) is 42.3 Å². The number of piperidine rings is 1. The molecule has 0 unspecified atom stereocenters. The average Bonchev–Trinajstić information content (AvgIpc) is 2.85. The largest absolute Gasteiger partial charge is 0.379 e. The summed E-state index contributed by atoms with van der Waals surface area (Å²) in [7, 11) is -3.71. The Morgan fingerprint density at radius 3 is 2.30 bits per heavy atom. The first kappa shape index (κ1) is 24.2. The van der Waals surface area contributed by atoms with Crippen molar-refractivity contribution in [3.8, 4) is 0 Å². The van der Waals surface area contributed by atoms with Crippen LogP contribution in [0.2, 0.25) is 5.02 Å². The van der Waals surface area contributed by atoms with Gasteiger partial charge in [0.15, 0.2) is 0 Å². The van der Waals surface area contributed by atoms with Gasteiger partial charge < -0.3 is 10.1 Å². The average molecular weight is 492 g/mol. The Morgan fingerprint density at radius 2 is 1.61 bits per heavy atom. The fourth-order valence-corrected chi connectivity index (χ4v) is 5.83. The van der Waals surface area contributed by atoms with Crippen LogP contribution in [-0.4, -0.2) is 62.9 Å². The first-order valence-electron chi connectivity index (χ1n) is 11.4. The molecule has 0 atom stereocenters. The Morgan fingerprint density at radius 1 is 0.939 bits per heavy atom. The van der Waals surface area contributed by atoms with Gasteiger partial charge in [-0.25, -0.2) is 8.42 Å². The summed E-state index contributed by atoms with van der Waals surface area (Å²) < 4.78 is 32.4. The van der Waals surface area contributed by atoms with Crippen LogP contribution in [0.5, 0.6) is 0 Å². The lowest BCUT2D eigenvalue weighted by molar-refractivity contribution is 0.0730. The molecule has 33 heavy (non-hydrogen) atoms. The number of carbonyl (C=O) groups excluding carboxylic acids is 1. The summed E-state index contributed by atoms with van der Waals surface area (Å²) in [6.45, 7) is 4.89. The van der Waals surface area contributed by atoms with Crippen molar-refractivity contribution in [1.82, 2.24) is 14.5 Å². The second-order valence-electron chi connectivity index (χ2n) is 8.49. The van der Waals surface area contributed by atoms with E-state index in [0.29, 0.717) is 32.8 Å². The lowest BCUT2D eigenvalue weighted by Crippen LogP contribution is -2.40. The molecule has 9 heteroatoms. The van der Waals surface area contributed by atoms with Gasteiger partial charge in [0.25, 0.3) is 5.91 Å². The van der Waals surface area contributed by atoms with Crippen molar-refractivity contribution >= 4 is 27.5 Å². The highest BCUT2D eigenvalue weighted by Gasteiger charge is 2.27. The summed E-state index contributed by atoms with van der Waals surface area (Å²) in [6.07, 6.45) is 3.85. The molecule has 2 fully saturated rings. The maximum atomic E-state index is 12.9. The molecule has 2 aliphatic rings. The van der Waals surface area contributed by atoms with Gasteiger partial charge in [0.2, 0.25) is 10.0 Å². The molecule has 0 bridgehead atoms. The van der Waals surface area contributed by atoms with Crippen LogP contribution in [0.4, 0.5) is 0 Å². The third-order valence-corrected chi connectivity index (χ3v) is 8.35. The summed E-state index contributed by atoms with van der Waals surface area (Å²) in [5, 5.41) is 3.07. The van der Waals surface area contributed by atoms with Crippen LogP contribution in [0, 0.1) is 0 Å². The fraction of sp³-hybridized carbons (Fsp3) is 0.458. The number of hydrogen-bond donors (Lipinski definition) is 1. The molecule has 0 radical (unpaired) electrons. The molecule has 4 rings (SSSR count). The molecule has 2 aromatic rings. The molecule has 1 N–H and O–H groups in total. The standard InChI is InChI=1S/C24H30ClN3O4S/c25-23-9-8-21(33(30,31)28-12-14-32-15-13-28)16-22(23)24(29)26-17-19-4-6-20(7-5-19)18-27-10-2-1-3-11-27/h4-9,16H,1-3,10-15,17-18H2,(H,26,29). The third-order valence-electron chi connectivity index (χ3n) is 6.12. The first-order valence-corrected chi connectivity index (χ1v) is 13.2. The zero-order valence-electron chi connectivity index (χ0n) is 18.6. The van der Waals surface area contributed by atoms with E-state index in [2.05, 4.69) is 22.3 Å². The van der Waals surface area contributed by atoms with Crippen molar-refractivity contribution in [3.05, 3.63) is 64.2 Å². The van der Waals surface area contributed by atoms with Crippen molar-refractivity contribution in [3.63, 3.8) is 0 Å². The van der Waals surface area contributed by atoms with Gasteiger partial charge >= 0.3 is 0 Å². The Bertz CT molecular complexity index is 1060. The molecule has 2 saturated heterocycles. The van der Waals surface area contributed by atoms with Gasteiger partial charge in [-0.3, -0.25) is 9.69 Å². The van der Waals surface area contributed by atoms with Crippen molar-refractivity contribution < 1.29 is 17.9 Å². The van der Waals surface area contributed by atoms with E-state index in [0.717, 1.165) is 25.2 Å². The number of sulfonamides is 1. The normalized spacial score (nSPS) is 18.2. The fourth-order valence-electron chi connectivity index (χ4n) is 4.19. The Hall–Kier alpha value is -1.97. The second-order valence-corrected chi connectivity index (χ2v) is 10.8. The van der Waals surface area contributed by atoms with Crippen molar-refractivity contribution in [2.45, 2.75) is 37.2 Å². The van der Waals surface area contributed by atoms with Crippen molar-refractivity contribution in [2.24, 2.45) is 0 Å². The molecule has 0 saturated carbocycles. The molecule has 2 aliphatic heterocycles. The molecule has 178 valence electrons. The number of halogens is 1. The topological polar surface area (TPSA) is 79.0 Å². The van der Waals surface area contributed by atoms with E-state index in [1.54, 1.807) is 0 Å². The summed E-state index contributed by atoms with van der Waals surface area (Å²) in [4.78, 5) is 15.3. The molecule has 0 aliphatic carbocycles. The van der Waals surface area contributed by atoms with Crippen LogP contribution in [0.25, 0.3) is 0 Å². The molecule has 2 heterocycles. The van der Waals surface area contributed by atoms with Crippen LogP contribution in [-0.2, 0) is 27.8 Å². The van der Waals surface area contributed by atoms with Crippen LogP contribution >= 0.6 is 11.6 Å². The smallest absolute Gasteiger partial charge is 0.253 e. The van der Waals surface area contributed by atoms with Crippen LogP contribution < -0.4 is 5.32 Å². The molecule has 7 nitrogen and oxygen atoms in total. The first-order chi connectivity index (χ1) is 15.9. The van der Waals surface area contributed by atoms with E-state index in [1.807, 2.05) is 12.1 Å². The minimum atomic E-state index is -3.71. The number of nitrogens with zero attached hydrogens (tertiary/aromatic N) is 2. The number of nitrogens with one attached hydrogen (secondary N) is 1. The Balaban J connectivity index is 1.38. The van der Waals surface area contributed by atoms with Crippen molar-refractivity contribution in [2.75, 3.05) is 39.4 Å². The van der Waals surface area contributed by atoms with Crippen LogP contribution in [0.3, 0.4) is 0 Å². The Labute approximate surface area is 200 Å². The Kier molecular flexibility index (Phi) is 8.03. The number of likely N-dealkylation sites (tertiary alicyclic amines) is 1. The maximum absolute atomic E-state index is 12.9. The maximum Gasteiger partial charge on any atom is 0.253 e. The van der Waals surface area contributed by atoms with Gasteiger partial charge in [-0.2, -0.15) is 4.31 Å². The lowest BCUT2D eigenvalue weighted by atomic mass is 10.1.